The summed E-state index contributed by atoms with van der Waals surface area (Å²) in [5, 5.41) is 0. The first-order valence-corrected chi connectivity index (χ1v) is 7.28. The SMILES string of the molecule is CC1C(=O)CN=C(c2ccccc2)c2cc(Cl)sc21. The Morgan fingerprint density at radius 3 is 2.79 bits per heavy atom. The van der Waals surface area contributed by atoms with E-state index in [1.54, 1.807) is 0 Å². The molecular weight excluding hydrogens is 278 g/mol. The van der Waals surface area contributed by atoms with Gasteiger partial charge in [0.25, 0.3) is 0 Å². The number of hydrogen-bond donors (Lipinski definition) is 0. The topological polar surface area (TPSA) is 29.4 Å². The van der Waals surface area contributed by atoms with Crippen molar-refractivity contribution in [2.75, 3.05) is 6.54 Å². The molecule has 1 aromatic heterocycles. The Bertz CT molecular complexity index is 660. The second-order valence-corrected chi connectivity index (χ2v) is 6.26. The summed E-state index contributed by atoms with van der Waals surface area (Å²) >= 11 is 7.60. The van der Waals surface area contributed by atoms with Gasteiger partial charge in [-0.2, -0.15) is 0 Å². The van der Waals surface area contributed by atoms with Gasteiger partial charge < -0.3 is 0 Å². The Labute approximate surface area is 120 Å². The lowest BCUT2D eigenvalue weighted by atomic mass is 9.98. The highest BCUT2D eigenvalue weighted by Crippen LogP contribution is 2.36. The smallest absolute Gasteiger partial charge is 0.162 e. The van der Waals surface area contributed by atoms with Crippen molar-refractivity contribution in [2.45, 2.75) is 12.8 Å². The second-order valence-electron chi connectivity index (χ2n) is 4.55. The Balaban J connectivity index is 2.20. The zero-order valence-electron chi connectivity index (χ0n) is 10.4. The quantitative estimate of drug-likeness (QED) is 0.782. The first-order valence-electron chi connectivity index (χ1n) is 6.09. The third kappa shape index (κ3) is 2.24. The van der Waals surface area contributed by atoms with Crippen LogP contribution in [0, 0.1) is 0 Å². The van der Waals surface area contributed by atoms with Crippen LogP contribution in [-0.2, 0) is 4.79 Å². The molecule has 96 valence electrons. The van der Waals surface area contributed by atoms with E-state index in [1.165, 1.54) is 11.3 Å². The first kappa shape index (κ1) is 12.6. The van der Waals surface area contributed by atoms with Crippen LogP contribution in [0.4, 0.5) is 0 Å². The van der Waals surface area contributed by atoms with Gasteiger partial charge in [0.1, 0.15) is 0 Å². The van der Waals surface area contributed by atoms with Gasteiger partial charge in [-0.3, -0.25) is 9.79 Å². The molecule has 1 aliphatic rings. The van der Waals surface area contributed by atoms with E-state index in [2.05, 4.69) is 4.99 Å². The highest BCUT2D eigenvalue weighted by Gasteiger charge is 2.27. The molecule has 0 saturated heterocycles. The highest BCUT2D eigenvalue weighted by molar-refractivity contribution is 7.16. The number of nitrogens with zero attached hydrogens (tertiary/aromatic N) is 1. The van der Waals surface area contributed by atoms with Crippen molar-refractivity contribution in [3.8, 4) is 0 Å². The number of carbonyl (C=O) groups excluding carboxylic acids is 1. The normalized spacial score (nSPS) is 18.7. The largest absolute Gasteiger partial charge is 0.297 e. The molecule has 0 spiro atoms. The predicted octanol–water partition coefficient (Wildman–Crippen LogP) is 3.93. The number of halogens is 1. The van der Waals surface area contributed by atoms with Crippen LogP contribution < -0.4 is 0 Å². The molecule has 1 aliphatic heterocycles. The molecule has 2 heterocycles. The fourth-order valence-corrected chi connectivity index (χ4v) is 3.57. The van der Waals surface area contributed by atoms with Crippen LogP contribution in [0.1, 0.15) is 28.8 Å². The van der Waals surface area contributed by atoms with Gasteiger partial charge in [0.15, 0.2) is 5.78 Å². The van der Waals surface area contributed by atoms with E-state index < -0.39 is 0 Å². The number of fused-ring (bicyclic) bond motifs is 1. The summed E-state index contributed by atoms with van der Waals surface area (Å²) in [6, 6.07) is 11.9. The predicted molar refractivity (Wildman–Crippen MR) is 79.7 cm³/mol. The van der Waals surface area contributed by atoms with Crippen molar-refractivity contribution in [1.29, 1.82) is 0 Å². The molecule has 0 amide bonds. The molecule has 2 aromatic rings. The average molecular weight is 290 g/mol. The molecule has 19 heavy (non-hydrogen) atoms. The zero-order valence-corrected chi connectivity index (χ0v) is 12.0. The van der Waals surface area contributed by atoms with Gasteiger partial charge in [-0.25, -0.2) is 0 Å². The Kier molecular flexibility index (Phi) is 3.25. The summed E-state index contributed by atoms with van der Waals surface area (Å²) in [5.74, 6) is 0.0168. The Hall–Kier alpha value is -1.45. The molecule has 0 radical (unpaired) electrons. The summed E-state index contributed by atoms with van der Waals surface area (Å²) in [7, 11) is 0. The lowest BCUT2D eigenvalue weighted by Gasteiger charge is -2.07. The molecule has 0 bridgehead atoms. The van der Waals surface area contributed by atoms with E-state index in [0.29, 0.717) is 4.34 Å². The van der Waals surface area contributed by atoms with E-state index in [-0.39, 0.29) is 18.2 Å². The number of benzene rings is 1. The second kappa shape index (κ2) is 4.91. The van der Waals surface area contributed by atoms with Crippen molar-refractivity contribution in [3.05, 3.63) is 56.7 Å². The van der Waals surface area contributed by atoms with Crippen LogP contribution in [0.25, 0.3) is 0 Å². The molecule has 0 fully saturated rings. The minimum atomic E-state index is -0.127. The first-order chi connectivity index (χ1) is 9.16. The van der Waals surface area contributed by atoms with Gasteiger partial charge in [0.05, 0.1) is 22.5 Å². The molecule has 0 saturated carbocycles. The lowest BCUT2D eigenvalue weighted by Crippen LogP contribution is -2.09. The third-order valence-corrected chi connectivity index (χ3v) is 4.75. The molecule has 1 aromatic carbocycles. The monoisotopic (exact) mass is 289 g/mol. The maximum Gasteiger partial charge on any atom is 0.162 e. The summed E-state index contributed by atoms with van der Waals surface area (Å²) in [5.41, 5.74) is 2.90. The van der Waals surface area contributed by atoms with Crippen molar-refractivity contribution in [3.63, 3.8) is 0 Å². The summed E-state index contributed by atoms with van der Waals surface area (Å²) in [6.07, 6.45) is 0. The van der Waals surface area contributed by atoms with Crippen molar-refractivity contribution in [2.24, 2.45) is 4.99 Å². The Morgan fingerprint density at radius 2 is 2.05 bits per heavy atom. The van der Waals surface area contributed by atoms with Crippen molar-refractivity contribution >= 4 is 34.4 Å². The highest BCUT2D eigenvalue weighted by atomic mass is 35.5. The van der Waals surface area contributed by atoms with Crippen LogP contribution in [0.2, 0.25) is 4.34 Å². The van der Waals surface area contributed by atoms with E-state index in [4.69, 9.17) is 11.6 Å². The minimum Gasteiger partial charge on any atom is -0.297 e. The van der Waals surface area contributed by atoms with Crippen LogP contribution in [-0.4, -0.2) is 18.0 Å². The van der Waals surface area contributed by atoms with Gasteiger partial charge in [-0.1, -0.05) is 48.9 Å². The van der Waals surface area contributed by atoms with Crippen LogP contribution in [0.15, 0.2) is 41.4 Å². The number of carbonyl (C=O) groups is 1. The molecule has 3 rings (SSSR count). The number of hydrogen-bond acceptors (Lipinski definition) is 3. The van der Waals surface area contributed by atoms with Crippen LogP contribution in [0.5, 0.6) is 0 Å². The number of aliphatic imine (C=N–C) groups is 1. The third-order valence-electron chi connectivity index (χ3n) is 3.30. The summed E-state index contributed by atoms with van der Waals surface area (Å²) in [6.45, 7) is 2.17. The molecule has 1 unspecified atom stereocenters. The van der Waals surface area contributed by atoms with Gasteiger partial charge in [-0.05, 0) is 6.07 Å². The van der Waals surface area contributed by atoms with Gasteiger partial charge in [0, 0.05) is 16.0 Å². The lowest BCUT2D eigenvalue weighted by molar-refractivity contribution is -0.118. The van der Waals surface area contributed by atoms with Crippen LogP contribution >= 0.6 is 22.9 Å². The fourth-order valence-electron chi connectivity index (χ4n) is 2.25. The molecule has 2 nitrogen and oxygen atoms in total. The zero-order chi connectivity index (χ0) is 13.4. The van der Waals surface area contributed by atoms with E-state index in [0.717, 1.165) is 21.7 Å². The van der Waals surface area contributed by atoms with E-state index in [9.17, 15) is 4.79 Å². The number of Topliss-reactive ketones (excluding diaryl/α,β-unsaturated/α-hetero) is 1. The molecule has 0 aliphatic carbocycles. The summed E-state index contributed by atoms with van der Waals surface area (Å²) < 4.78 is 0.704. The van der Waals surface area contributed by atoms with Crippen molar-refractivity contribution < 1.29 is 4.79 Å². The number of ketones is 1. The standard InChI is InChI=1S/C15H12ClNOS/c1-9-12(18)8-17-14(10-5-3-2-4-6-10)11-7-13(16)19-15(9)11/h2-7,9H,8H2,1H3. The van der Waals surface area contributed by atoms with Gasteiger partial charge in [-0.15, -0.1) is 11.3 Å². The van der Waals surface area contributed by atoms with E-state index in [1.807, 2.05) is 43.3 Å². The van der Waals surface area contributed by atoms with Gasteiger partial charge in [0.2, 0.25) is 0 Å². The molecule has 1 atom stereocenters. The van der Waals surface area contributed by atoms with Crippen molar-refractivity contribution in [1.82, 2.24) is 0 Å². The molecular formula is C15H12ClNOS. The maximum atomic E-state index is 12.0. The molecule has 4 heteroatoms. The van der Waals surface area contributed by atoms with E-state index >= 15 is 0 Å². The number of rotatable bonds is 1. The fraction of sp³-hybridized carbons (Fsp3) is 0.200. The van der Waals surface area contributed by atoms with Gasteiger partial charge >= 0.3 is 0 Å². The number of thiophene rings is 1. The minimum absolute atomic E-state index is 0.127. The maximum absolute atomic E-state index is 12.0. The Morgan fingerprint density at radius 1 is 1.32 bits per heavy atom. The van der Waals surface area contributed by atoms with Crippen LogP contribution in [0.3, 0.4) is 0 Å². The molecule has 0 N–H and O–H groups in total. The summed E-state index contributed by atoms with van der Waals surface area (Å²) in [4.78, 5) is 17.5. The average Bonchev–Trinajstić information content (AvgIpc) is 2.76.